The normalized spacial score (nSPS) is 21.8. The van der Waals surface area contributed by atoms with E-state index in [0.717, 1.165) is 16.7 Å². The molecular formula is C34H42N2O7Si. The van der Waals surface area contributed by atoms with Crippen molar-refractivity contribution in [2.45, 2.75) is 63.2 Å². The number of ether oxygens (including phenoxy) is 3. The molecule has 2 aliphatic heterocycles. The zero-order chi connectivity index (χ0) is 31.6. The maximum atomic E-state index is 13.9. The number of hydrogen-bond donors (Lipinski definition) is 3. The molecule has 0 aliphatic carbocycles. The third-order valence-corrected chi connectivity index (χ3v) is 11.4. The van der Waals surface area contributed by atoms with Gasteiger partial charge in [-0.2, -0.15) is 0 Å². The summed E-state index contributed by atoms with van der Waals surface area (Å²) in [5.74, 6) is 0.705. The van der Waals surface area contributed by atoms with Crippen LogP contribution in [0, 0.1) is 5.92 Å². The summed E-state index contributed by atoms with van der Waals surface area (Å²) in [7, 11) is 0.266. The molecule has 0 fully saturated rings. The van der Waals surface area contributed by atoms with Gasteiger partial charge in [-0.25, -0.2) is 0 Å². The van der Waals surface area contributed by atoms with Crippen molar-refractivity contribution in [3.05, 3.63) is 89.0 Å². The van der Waals surface area contributed by atoms with Crippen LogP contribution in [0.4, 0.5) is 5.69 Å². The van der Waals surface area contributed by atoms with Gasteiger partial charge in [0.15, 0.2) is 8.32 Å². The highest BCUT2D eigenvalue weighted by Crippen LogP contribution is 2.47. The lowest BCUT2D eigenvalue weighted by Crippen LogP contribution is -2.52. The van der Waals surface area contributed by atoms with Crippen molar-refractivity contribution in [1.29, 1.82) is 0 Å². The minimum Gasteiger partial charge on any atom is -0.497 e. The van der Waals surface area contributed by atoms with Crippen LogP contribution in [0.5, 0.6) is 11.5 Å². The number of benzene rings is 3. The van der Waals surface area contributed by atoms with Crippen molar-refractivity contribution in [2.75, 3.05) is 26.1 Å². The van der Waals surface area contributed by atoms with Gasteiger partial charge in [0, 0.05) is 48.3 Å². The van der Waals surface area contributed by atoms with E-state index in [2.05, 4.69) is 5.32 Å². The summed E-state index contributed by atoms with van der Waals surface area (Å²) in [6.45, 7) is 5.99. The average molecular weight is 619 g/mol. The Bertz CT molecular complexity index is 1490. The van der Waals surface area contributed by atoms with E-state index in [-0.39, 0.29) is 42.9 Å². The molecule has 0 radical (unpaired) electrons. The molecule has 44 heavy (non-hydrogen) atoms. The molecule has 2 amide bonds. The number of carbonyl (C=O) groups excluding carboxylic acids is 2. The van der Waals surface area contributed by atoms with E-state index in [1.807, 2.05) is 50.3 Å². The molecular weight excluding hydrogens is 576 g/mol. The molecule has 1 unspecified atom stereocenters. The Balaban J connectivity index is 1.37. The first kappa shape index (κ1) is 31.7. The second-order valence-electron chi connectivity index (χ2n) is 12.3. The van der Waals surface area contributed by atoms with Gasteiger partial charge in [-0.1, -0.05) is 31.2 Å². The second-order valence-corrected chi connectivity index (χ2v) is 16.4. The SMILES string of the molecule is COc1ccc(C(=O)Nc2ccc3c(c2)[C@H](OC)[C@@H](C)[C@H](C(CC(=O)N2Cc4ccccc4C[C@H]2CO)[Si](C)(C)O)O3)cc1. The van der Waals surface area contributed by atoms with Gasteiger partial charge in [0.2, 0.25) is 5.91 Å². The number of nitrogens with one attached hydrogen (secondary N) is 1. The molecule has 3 aromatic rings. The van der Waals surface area contributed by atoms with Crippen LogP contribution in [0.3, 0.4) is 0 Å². The van der Waals surface area contributed by atoms with Gasteiger partial charge in [0.1, 0.15) is 17.6 Å². The highest BCUT2D eigenvalue weighted by atomic mass is 28.4. The summed E-state index contributed by atoms with van der Waals surface area (Å²) in [6.07, 6.45) is -0.170. The average Bonchev–Trinajstić information content (AvgIpc) is 3.02. The summed E-state index contributed by atoms with van der Waals surface area (Å²) in [5.41, 5.74) is 3.69. The van der Waals surface area contributed by atoms with Gasteiger partial charge >= 0.3 is 0 Å². The number of aliphatic hydroxyl groups is 1. The third kappa shape index (κ3) is 6.53. The smallest absolute Gasteiger partial charge is 0.255 e. The van der Waals surface area contributed by atoms with E-state index >= 15 is 0 Å². The van der Waals surface area contributed by atoms with Crippen molar-refractivity contribution in [3.8, 4) is 11.5 Å². The fourth-order valence-electron chi connectivity index (χ4n) is 6.52. The number of amides is 2. The molecule has 5 atom stereocenters. The van der Waals surface area contributed by atoms with E-state index in [0.29, 0.717) is 35.7 Å². The topological polar surface area (TPSA) is 118 Å². The van der Waals surface area contributed by atoms with Crippen molar-refractivity contribution in [2.24, 2.45) is 5.92 Å². The summed E-state index contributed by atoms with van der Waals surface area (Å²) in [5, 5.41) is 13.1. The lowest BCUT2D eigenvalue weighted by molar-refractivity contribution is -0.136. The summed E-state index contributed by atoms with van der Waals surface area (Å²) in [6, 6.07) is 20.0. The molecule has 2 aliphatic rings. The summed E-state index contributed by atoms with van der Waals surface area (Å²) < 4.78 is 17.7. The van der Waals surface area contributed by atoms with E-state index in [1.54, 1.807) is 55.5 Å². The van der Waals surface area contributed by atoms with Crippen LogP contribution in [0.15, 0.2) is 66.7 Å². The number of anilines is 1. The molecule has 9 nitrogen and oxygen atoms in total. The van der Waals surface area contributed by atoms with Gasteiger partial charge in [-0.15, -0.1) is 0 Å². The van der Waals surface area contributed by atoms with Crippen LogP contribution in [0.25, 0.3) is 0 Å². The summed E-state index contributed by atoms with van der Waals surface area (Å²) in [4.78, 5) is 40.0. The third-order valence-electron chi connectivity index (χ3n) is 9.02. The number of fused-ring (bicyclic) bond motifs is 2. The van der Waals surface area contributed by atoms with E-state index in [4.69, 9.17) is 14.2 Å². The van der Waals surface area contributed by atoms with Crippen LogP contribution < -0.4 is 14.8 Å². The van der Waals surface area contributed by atoms with Gasteiger partial charge in [-0.05, 0) is 73.1 Å². The van der Waals surface area contributed by atoms with Crippen molar-refractivity contribution in [1.82, 2.24) is 4.90 Å². The number of hydrogen-bond acceptors (Lipinski definition) is 7. The largest absolute Gasteiger partial charge is 0.497 e. The maximum absolute atomic E-state index is 13.9. The van der Waals surface area contributed by atoms with Gasteiger partial charge in [0.25, 0.3) is 5.91 Å². The molecule has 2 heterocycles. The Morgan fingerprint density at radius 1 is 1.07 bits per heavy atom. The molecule has 0 bridgehead atoms. The van der Waals surface area contributed by atoms with Gasteiger partial charge in [0.05, 0.1) is 25.9 Å². The van der Waals surface area contributed by atoms with Crippen LogP contribution >= 0.6 is 0 Å². The van der Waals surface area contributed by atoms with Crippen LogP contribution in [0.1, 0.15) is 46.5 Å². The Kier molecular flexibility index (Phi) is 9.45. The Labute approximate surface area is 259 Å². The van der Waals surface area contributed by atoms with E-state index < -0.39 is 20.0 Å². The first-order valence-electron chi connectivity index (χ1n) is 15.0. The number of carbonyl (C=O) groups is 2. The lowest BCUT2D eigenvalue weighted by atomic mass is 9.86. The second kappa shape index (κ2) is 13.1. The fourth-order valence-corrected chi connectivity index (χ4v) is 8.37. The standard InChI is InChI=1S/C34H42N2O7Si/c1-21-32(42-3)28-17-25(35-34(39)22-10-13-27(41-2)14-11-22)12-15-29(28)43-33(21)30(44(4,5)40)18-31(38)36-19-24-9-7-6-8-23(24)16-26(36)20-37/h6-15,17,21,26,30,32-33,37,40H,16,18-20H2,1-5H3,(H,35,39)/t21-,26+,30?,32-,33-/m1/s1. The number of nitrogens with zero attached hydrogens (tertiary/aromatic N) is 1. The van der Waals surface area contributed by atoms with E-state index in [9.17, 15) is 19.5 Å². The molecule has 0 spiro atoms. The van der Waals surface area contributed by atoms with Crippen molar-refractivity contribution in [3.63, 3.8) is 0 Å². The van der Waals surface area contributed by atoms with Crippen molar-refractivity contribution < 1.29 is 33.7 Å². The Morgan fingerprint density at radius 3 is 2.41 bits per heavy atom. The predicted octanol–water partition coefficient (Wildman–Crippen LogP) is 4.94. The minimum atomic E-state index is -2.94. The molecule has 10 heteroatoms. The Morgan fingerprint density at radius 2 is 1.77 bits per heavy atom. The van der Waals surface area contributed by atoms with E-state index in [1.165, 1.54) is 0 Å². The van der Waals surface area contributed by atoms with Crippen LogP contribution in [-0.4, -0.2) is 67.9 Å². The number of aliphatic hydroxyl groups excluding tert-OH is 1. The zero-order valence-corrected chi connectivity index (χ0v) is 26.9. The number of methoxy groups -OCH3 is 2. The molecule has 234 valence electrons. The first-order valence-corrected chi connectivity index (χ1v) is 18.0. The summed E-state index contributed by atoms with van der Waals surface area (Å²) >= 11 is 0. The molecule has 5 rings (SSSR count). The highest BCUT2D eigenvalue weighted by Gasteiger charge is 2.48. The van der Waals surface area contributed by atoms with Gasteiger partial charge < -0.3 is 34.3 Å². The molecule has 0 saturated carbocycles. The van der Waals surface area contributed by atoms with Crippen LogP contribution in [0.2, 0.25) is 18.6 Å². The first-order chi connectivity index (χ1) is 21.0. The lowest BCUT2D eigenvalue weighted by Gasteiger charge is -2.44. The maximum Gasteiger partial charge on any atom is 0.255 e. The number of rotatable bonds is 9. The van der Waals surface area contributed by atoms with Gasteiger partial charge in [-0.3, -0.25) is 9.59 Å². The quantitative estimate of drug-likeness (QED) is 0.291. The highest BCUT2D eigenvalue weighted by molar-refractivity contribution is 6.71. The van der Waals surface area contributed by atoms with Crippen LogP contribution in [-0.2, 0) is 22.5 Å². The molecule has 3 aromatic carbocycles. The molecule has 0 saturated heterocycles. The van der Waals surface area contributed by atoms with Crippen molar-refractivity contribution >= 4 is 25.8 Å². The molecule has 0 aromatic heterocycles. The predicted molar refractivity (Wildman–Crippen MR) is 170 cm³/mol. The monoisotopic (exact) mass is 618 g/mol. The molecule has 3 N–H and O–H groups in total. The zero-order valence-electron chi connectivity index (χ0n) is 25.9. The Hall–Kier alpha value is -3.70. The fraction of sp³-hybridized carbons (Fsp3) is 0.412. The minimum absolute atomic E-state index is 0.102.